The molecule has 0 aliphatic carbocycles. The number of hydrogen-bond donors (Lipinski definition) is 1. The van der Waals surface area contributed by atoms with E-state index in [9.17, 15) is 13.2 Å². The standard InChI is InChI=1S/C28H37N5O5S/c1-37-16-6-15-33-26-9-4-3-8-25(26)30-27(33)20-7-5-14-31(17-20)28(34)23-18-32(19-24(23)29)39(35,36)22-12-10-21(38-2)11-13-22/h3-4,8-13,20,23-24H,5-7,14-19,29H2,1-2H3/t20-,23-,24-/m1/s1. The molecular weight excluding hydrogens is 518 g/mol. The molecule has 3 heterocycles. The van der Waals surface area contributed by atoms with Crippen LogP contribution in [0.2, 0.25) is 0 Å². The van der Waals surface area contributed by atoms with Crippen molar-refractivity contribution in [2.75, 3.05) is 47.0 Å². The van der Waals surface area contributed by atoms with Crippen LogP contribution in [-0.4, -0.2) is 86.1 Å². The van der Waals surface area contributed by atoms with Crippen molar-refractivity contribution in [3.8, 4) is 5.75 Å². The van der Waals surface area contributed by atoms with Gasteiger partial charge in [-0.05, 0) is 55.7 Å². The fraction of sp³-hybridized carbons (Fsp3) is 0.500. The summed E-state index contributed by atoms with van der Waals surface area (Å²) < 4.78 is 40.6. The summed E-state index contributed by atoms with van der Waals surface area (Å²) in [4.78, 5) is 20.7. The van der Waals surface area contributed by atoms with Crippen LogP contribution in [0.4, 0.5) is 0 Å². The van der Waals surface area contributed by atoms with Crippen molar-refractivity contribution >= 4 is 27.0 Å². The van der Waals surface area contributed by atoms with Gasteiger partial charge in [0.05, 0.1) is 29.0 Å². The van der Waals surface area contributed by atoms with Gasteiger partial charge in [0.1, 0.15) is 11.6 Å². The number of imidazole rings is 1. The number of piperidine rings is 1. The van der Waals surface area contributed by atoms with Crippen molar-refractivity contribution < 1.29 is 22.7 Å². The summed E-state index contributed by atoms with van der Waals surface area (Å²) in [6.07, 6.45) is 2.66. The summed E-state index contributed by atoms with van der Waals surface area (Å²) in [6, 6.07) is 13.8. The average Bonchev–Trinajstić information content (AvgIpc) is 3.54. The molecule has 5 rings (SSSR count). The Morgan fingerprint density at radius 3 is 2.59 bits per heavy atom. The molecule has 210 valence electrons. The number of nitrogens with zero attached hydrogens (tertiary/aromatic N) is 4. The minimum absolute atomic E-state index is 0.0745. The summed E-state index contributed by atoms with van der Waals surface area (Å²) in [5, 5.41) is 0. The summed E-state index contributed by atoms with van der Waals surface area (Å²) in [5.41, 5.74) is 8.42. The molecule has 2 saturated heterocycles. The van der Waals surface area contributed by atoms with Gasteiger partial charge in [-0.2, -0.15) is 4.31 Å². The molecule has 10 nitrogen and oxygen atoms in total. The van der Waals surface area contributed by atoms with Crippen LogP contribution in [-0.2, 0) is 26.1 Å². The van der Waals surface area contributed by atoms with Crippen molar-refractivity contribution in [2.45, 2.75) is 42.7 Å². The SMILES string of the molecule is COCCCn1c([C@@H]2CCCN(C(=O)[C@@H]3CN(S(=O)(=O)c4ccc(OC)cc4)C[C@H]3N)C2)nc2ccccc21. The molecule has 1 amide bonds. The van der Waals surface area contributed by atoms with Crippen LogP contribution >= 0.6 is 0 Å². The number of carbonyl (C=O) groups excluding carboxylic acids is 1. The number of aryl methyl sites for hydroxylation is 1. The number of sulfonamides is 1. The fourth-order valence-corrected chi connectivity index (χ4v) is 7.28. The van der Waals surface area contributed by atoms with Crippen LogP contribution in [0.3, 0.4) is 0 Å². The lowest BCUT2D eigenvalue weighted by Gasteiger charge is -2.35. The van der Waals surface area contributed by atoms with Crippen LogP contribution in [0, 0.1) is 5.92 Å². The minimum Gasteiger partial charge on any atom is -0.497 e. The van der Waals surface area contributed by atoms with Gasteiger partial charge in [0.2, 0.25) is 15.9 Å². The molecule has 0 unspecified atom stereocenters. The van der Waals surface area contributed by atoms with Gasteiger partial charge < -0.3 is 24.7 Å². The van der Waals surface area contributed by atoms with Crippen LogP contribution in [0.1, 0.15) is 31.0 Å². The molecule has 2 aliphatic heterocycles. The summed E-state index contributed by atoms with van der Waals surface area (Å²) >= 11 is 0. The quantitative estimate of drug-likeness (QED) is 0.403. The number of aromatic nitrogens is 2. The zero-order chi connectivity index (χ0) is 27.6. The number of carbonyl (C=O) groups is 1. The zero-order valence-corrected chi connectivity index (χ0v) is 23.3. The van der Waals surface area contributed by atoms with Gasteiger partial charge in [0.25, 0.3) is 0 Å². The van der Waals surface area contributed by atoms with Gasteiger partial charge in [0.15, 0.2) is 0 Å². The van der Waals surface area contributed by atoms with Gasteiger partial charge in [-0.3, -0.25) is 4.79 Å². The Bertz CT molecular complexity index is 1410. The first-order valence-electron chi connectivity index (χ1n) is 13.5. The Morgan fingerprint density at radius 2 is 1.85 bits per heavy atom. The van der Waals surface area contributed by atoms with Gasteiger partial charge in [-0.15, -0.1) is 0 Å². The predicted octanol–water partition coefficient (Wildman–Crippen LogP) is 2.44. The molecule has 39 heavy (non-hydrogen) atoms. The van der Waals surface area contributed by atoms with Crippen LogP contribution in [0.25, 0.3) is 11.0 Å². The highest BCUT2D eigenvalue weighted by Gasteiger charge is 2.43. The average molecular weight is 556 g/mol. The number of para-hydroxylation sites is 2. The van der Waals surface area contributed by atoms with E-state index in [-0.39, 0.29) is 29.8 Å². The second-order valence-electron chi connectivity index (χ2n) is 10.3. The van der Waals surface area contributed by atoms with Crippen LogP contribution in [0.5, 0.6) is 5.75 Å². The molecule has 11 heteroatoms. The summed E-state index contributed by atoms with van der Waals surface area (Å²) in [6.45, 7) is 2.81. The third-order valence-electron chi connectivity index (χ3n) is 7.86. The van der Waals surface area contributed by atoms with E-state index in [0.717, 1.165) is 42.7 Å². The maximum Gasteiger partial charge on any atom is 0.243 e. The Morgan fingerprint density at radius 1 is 1.08 bits per heavy atom. The van der Waals surface area contributed by atoms with Gasteiger partial charge in [-0.1, -0.05) is 12.1 Å². The van der Waals surface area contributed by atoms with Crippen molar-refractivity contribution in [1.82, 2.24) is 18.8 Å². The van der Waals surface area contributed by atoms with E-state index in [0.29, 0.717) is 25.4 Å². The Hall–Kier alpha value is -2.99. The highest BCUT2D eigenvalue weighted by Crippen LogP contribution is 2.32. The number of hydrogen-bond acceptors (Lipinski definition) is 7. The van der Waals surface area contributed by atoms with Gasteiger partial charge >= 0.3 is 0 Å². The Balaban J connectivity index is 1.31. The maximum atomic E-state index is 13.7. The normalized spacial score (nSPS) is 22.4. The van der Waals surface area contributed by atoms with Gasteiger partial charge in [0, 0.05) is 58.4 Å². The van der Waals surface area contributed by atoms with Crippen molar-refractivity contribution in [2.24, 2.45) is 11.7 Å². The number of benzene rings is 2. The molecule has 2 aromatic carbocycles. The number of rotatable bonds is 9. The van der Waals surface area contributed by atoms with E-state index in [4.69, 9.17) is 20.2 Å². The largest absolute Gasteiger partial charge is 0.497 e. The van der Waals surface area contributed by atoms with Crippen LogP contribution < -0.4 is 10.5 Å². The molecule has 1 aromatic heterocycles. The molecule has 2 aliphatic rings. The minimum atomic E-state index is -3.78. The summed E-state index contributed by atoms with van der Waals surface area (Å²) in [5.74, 6) is 0.990. The predicted molar refractivity (Wildman–Crippen MR) is 148 cm³/mol. The first-order chi connectivity index (χ1) is 18.8. The highest BCUT2D eigenvalue weighted by molar-refractivity contribution is 7.89. The highest BCUT2D eigenvalue weighted by atomic mass is 32.2. The number of ether oxygens (including phenoxy) is 2. The molecule has 3 atom stereocenters. The molecule has 0 spiro atoms. The van der Waals surface area contributed by atoms with Crippen molar-refractivity contribution in [3.05, 3.63) is 54.4 Å². The van der Waals surface area contributed by atoms with E-state index >= 15 is 0 Å². The number of nitrogens with two attached hydrogens (primary N) is 1. The van der Waals surface area contributed by atoms with E-state index in [1.54, 1.807) is 19.2 Å². The molecule has 0 bridgehead atoms. The topological polar surface area (TPSA) is 120 Å². The van der Waals surface area contributed by atoms with Crippen molar-refractivity contribution in [3.63, 3.8) is 0 Å². The third-order valence-corrected chi connectivity index (χ3v) is 9.70. The number of fused-ring (bicyclic) bond motifs is 1. The van der Waals surface area contributed by atoms with E-state index in [1.807, 2.05) is 23.1 Å². The van der Waals surface area contributed by atoms with Crippen LogP contribution in [0.15, 0.2) is 53.4 Å². The molecule has 3 aromatic rings. The fourth-order valence-electron chi connectivity index (χ4n) is 5.78. The van der Waals surface area contributed by atoms with E-state index < -0.39 is 22.0 Å². The second-order valence-corrected chi connectivity index (χ2v) is 12.3. The smallest absolute Gasteiger partial charge is 0.243 e. The van der Waals surface area contributed by atoms with E-state index in [2.05, 4.69) is 10.6 Å². The first-order valence-corrected chi connectivity index (χ1v) is 14.9. The zero-order valence-electron chi connectivity index (χ0n) is 22.5. The monoisotopic (exact) mass is 555 g/mol. The lowest BCUT2D eigenvalue weighted by Crippen LogP contribution is -2.47. The van der Waals surface area contributed by atoms with Crippen molar-refractivity contribution in [1.29, 1.82) is 0 Å². The number of amides is 1. The molecule has 0 saturated carbocycles. The Kier molecular flexibility index (Phi) is 8.22. The molecular formula is C28H37N5O5S. The lowest BCUT2D eigenvalue weighted by atomic mass is 9.94. The first kappa shape index (κ1) is 27.6. The number of likely N-dealkylation sites (tertiary alicyclic amines) is 1. The third kappa shape index (κ3) is 5.54. The lowest BCUT2D eigenvalue weighted by molar-refractivity contribution is -0.136. The van der Waals surface area contributed by atoms with E-state index in [1.165, 1.54) is 23.5 Å². The molecule has 2 N–H and O–H groups in total. The number of methoxy groups -OCH3 is 2. The Labute approximate surface area is 229 Å². The molecule has 2 fully saturated rings. The molecule has 0 radical (unpaired) electrons. The summed E-state index contributed by atoms with van der Waals surface area (Å²) in [7, 11) is -0.543. The van der Waals surface area contributed by atoms with Gasteiger partial charge in [-0.25, -0.2) is 13.4 Å². The maximum absolute atomic E-state index is 13.7. The second kappa shape index (κ2) is 11.6.